The Bertz CT molecular complexity index is 810. The highest BCUT2D eigenvalue weighted by Gasteiger charge is 2.09. The van der Waals surface area contributed by atoms with Gasteiger partial charge < -0.3 is 10.4 Å². The first-order valence-corrected chi connectivity index (χ1v) is 6.48. The molecule has 21 heavy (non-hydrogen) atoms. The van der Waals surface area contributed by atoms with Crippen molar-refractivity contribution >= 4 is 22.7 Å². The van der Waals surface area contributed by atoms with Crippen LogP contribution in [0, 0.1) is 0 Å². The topological polar surface area (TPSA) is 80.0 Å². The molecule has 3 aromatic rings. The van der Waals surface area contributed by atoms with Crippen LogP contribution in [0.5, 0.6) is 0 Å². The zero-order valence-electron chi connectivity index (χ0n) is 11.4. The van der Waals surface area contributed by atoms with Gasteiger partial charge in [0, 0.05) is 30.7 Å². The number of nitrogens with zero attached hydrogens (tertiary/aromatic N) is 3. The summed E-state index contributed by atoms with van der Waals surface area (Å²) in [4.78, 5) is 15.6. The lowest BCUT2D eigenvalue weighted by atomic mass is 10.1. The van der Waals surface area contributed by atoms with E-state index in [2.05, 4.69) is 15.4 Å². The molecule has 2 N–H and O–H groups in total. The van der Waals surface area contributed by atoms with Crippen LogP contribution in [0.2, 0.25) is 0 Å². The highest BCUT2D eigenvalue weighted by Crippen LogP contribution is 2.19. The summed E-state index contributed by atoms with van der Waals surface area (Å²) < 4.78 is 1.74. The van der Waals surface area contributed by atoms with Gasteiger partial charge in [0.25, 0.3) is 0 Å². The largest absolute Gasteiger partial charge is 0.478 e. The van der Waals surface area contributed by atoms with E-state index in [1.54, 1.807) is 41.2 Å². The minimum Gasteiger partial charge on any atom is -0.478 e. The van der Waals surface area contributed by atoms with Crippen molar-refractivity contribution in [2.75, 3.05) is 5.32 Å². The fourth-order valence-electron chi connectivity index (χ4n) is 2.20. The molecule has 0 amide bonds. The van der Waals surface area contributed by atoms with Crippen LogP contribution in [0.1, 0.15) is 15.9 Å². The molecule has 0 saturated heterocycles. The molecule has 1 aromatic carbocycles. The van der Waals surface area contributed by atoms with E-state index in [4.69, 9.17) is 5.11 Å². The molecule has 6 nitrogen and oxygen atoms in total. The van der Waals surface area contributed by atoms with Crippen LogP contribution in [0.4, 0.5) is 5.82 Å². The summed E-state index contributed by atoms with van der Waals surface area (Å²) >= 11 is 0. The number of benzene rings is 1. The average Bonchev–Trinajstić information content (AvgIpc) is 2.89. The Morgan fingerprint density at radius 2 is 2.19 bits per heavy atom. The number of carbonyl (C=O) groups is 1. The third-order valence-corrected chi connectivity index (χ3v) is 3.19. The average molecular weight is 282 g/mol. The van der Waals surface area contributed by atoms with Gasteiger partial charge in [-0.15, -0.1) is 0 Å². The van der Waals surface area contributed by atoms with E-state index < -0.39 is 5.97 Å². The van der Waals surface area contributed by atoms with Crippen molar-refractivity contribution in [2.24, 2.45) is 7.05 Å². The highest BCUT2D eigenvalue weighted by atomic mass is 16.4. The number of pyridine rings is 1. The number of carboxylic acids is 1. The maximum Gasteiger partial charge on any atom is 0.336 e. The van der Waals surface area contributed by atoms with Gasteiger partial charge in [0.15, 0.2) is 0 Å². The van der Waals surface area contributed by atoms with Gasteiger partial charge in [-0.1, -0.05) is 6.07 Å². The number of hydrogen-bond acceptors (Lipinski definition) is 4. The molecule has 0 atom stereocenters. The SMILES string of the molecule is Cn1cc(CNc2ccc3c(C(=O)O)cccc3n2)cn1. The van der Waals surface area contributed by atoms with E-state index in [1.807, 2.05) is 13.2 Å². The van der Waals surface area contributed by atoms with E-state index in [0.29, 0.717) is 23.3 Å². The standard InChI is InChI=1S/C15H14N4O2/c1-19-9-10(8-17-19)7-16-14-6-5-11-12(15(20)21)3-2-4-13(11)18-14/h2-6,8-9H,7H2,1H3,(H,16,18)(H,20,21). The summed E-state index contributed by atoms with van der Waals surface area (Å²) in [5.74, 6) is -0.243. The number of nitrogens with one attached hydrogen (secondary N) is 1. The zero-order chi connectivity index (χ0) is 14.8. The predicted molar refractivity (Wildman–Crippen MR) is 79.2 cm³/mol. The van der Waals surface area contributed by atoms with Crippen molar-refractivity contribution in [3.05, 3.63) is 53.9 Å². The summed E-state index contributed by atoms with van der Waals surface area (Å²) in [5, 5.41) is 17.1. The molecular formula is C15H14N4O2. The molecule has 6 heteroatoms. The minimum atomic E-state index is -0.946. The van der Waals surface area contributed by atoms with E-state index >= 15 is 0 Å². The van der Waals surface area contributed by atoms with Crippen LogP contribution in [0.3, 0.4) is 0 Å². The summed E-state index contributed by atoms with van der Waals surface area (Å²) in [6.07, 6.45) is 3.72. The van der Waals surface area contributed by atoms with Crippen LogP contribution in [-0.2, 0) is 13.6 Å². The summed E-state index contributed by atoms with van der Waals surface area (Å²) in [5.41, 5.74) is 1.98. The van der Waals surface area contributed by atoms with Gasteiger partial charge in [-0.3, -0.25) is 4.68 Å². The van der Waals surface area contributed by atoms with Gasteiger partial charge in [-0.05, 0) is 24.3 Å². The van der Waals surface area contributed by atoms with Crippen LogP contribution in [-0.4, -0.2) is 25.8 Å². The number of hydrogen-bond donors (Lipinski definition) is 2. The number of carboxylic acid groups (broad SMARTS) is 1. The number of rotatable bonds is 4. The summed E-state index contributed by atoms with van der Waals surface area (Å²) in [7, 11) is 1.87. The Kier molecular flexibility index (Phi) is 3.27. The van der Waals surface area contributed by atoms with Gasteiger partial charge in [-0.25, -0.2) is 9.78 Å². The Balaban J connectivity index is 1.86. The van der Waals surface area contributed by atoms with Crippen LogP contribution in [0.15, 0.2) is 42.7 Å². The van der Waals surface area contributed by atoms with E-state index in [9.17, 15) is 4.79 Å². The Morgan fingerprint density at radius 1 is 1.33 bits per heavy atom. The van der Waals surface area contributed by atoms with Gasteiger partial charge in [0.2, 0.25) is 0 Å². The molecule has 0 aliphatic carbocycles. The van der Waals surface area contributed by atoms with E-state index in [-0.39, 0.29) is 5.56 Å². The van der Waals surface area contributed by atoms with Crippen molar-refractivity contribution in [2.45, 2.75) is 6.54 Å². The zero-order valence-corrected chi connectivity index (χ0v) is 11.4. The lowest BCUT2D eigenvalue weighted by molar-refractivity contribution is 0.0699. The molecule has 2 heterocycles. The molecule has 0 spiro atoms. The molecule has 3 rings (SSSR count). The summed E-state index contributed by atoms with van der Waals surface area (Å²) in [6, 6.07) is 8.64. The lowest BCUT2D eigenvalue weighted by Gasteiger charge is -2.07. The van der Waals surface area contributed by atoms with E-state index in [1.165, 1.54) is 0 Å². The smallest absolute Gasteiger partial charge is 0.336 e. The number of aromatic nitrogens is 3. The molecule has 0 unspecified atom stereocenters. The molecule has 0 radical (unpaired) electrons. The third-order valence-electron chi connectivity index (χ3n) is 3.19. The molecule has 0 saturated carbocycles. The Labute approximate surface area is 121 Å². The first-order valence-electron chi connectivity index (χ1n) is 6.48. The third kappa shape index (κ3) is 2.69. The maximum atomic E-state index is 11.2. The van der Waals surface area contributed by atoms with E-state index in [0.717, 1.165) is 5.56 Å². The molecular weight excluding hydrogens is 268 g/mol. The lowest BCUT2D eigenvalue weighted by Crippen LogP contribution is -2.02. The fourth-order valence-corrected chi connectivity index (χ4v) is 2.20. The molecule has 0 bridgehead atoms. The summed E-state index contributed by atoms with van der Waals surface area (Å²) in [6.45, 7) is 0.616. The van der Waals surface area contributed by atoms with Crippen LogP contribution >= 0.6 is 0 Å². The molecule has 0 aliphatic heterocycles. The second-order valence-corrected chi connectivity index (χ2v) is 4.75. The molecule has 2 aromatic heterocycles. The second-order valence-electron chi connectivity index (χ2n) is 4.75. The highest BCUT2D eigenvalue weighted by molar-refractivity contribution is 6.02. The quantitative estimate of drug-likeness (QED) is 0.767. The van der Waals surface area contributed by atoms with Gasteiger partial charge >= 0.3 is 5.97 Å². The molecule has 0 fully saturated rings. The number of anilines is 1. The van der Waals surface area contributed by atoms with Gasteiger partial charge in [0.1, 0.15) is 5.82 Å². The van der Waals surface area contributed by atoms with Gasteiger partial charge in [-0.2, -0.15) is 5.10 Å². The fraction of sp³-hybridized carbons (Fsp3) is 0.133. The van der Waals surface area contributed by atoms with Crippen LogP contribution < -0.4 is 5.32 Å². The Morgan fingerprint density at radius 3 is 2.90 bits per heavy atom. The maximum absolute atomic E-state index is 11.2. The molecule has 0 aliphatic rings. The Hall–Kier alpha value is -2.89. The van der Waals surface area contributed by atoms with Gasteiger partial charge in [0.05, 0.1) is 17.3 Å². The molecule has 106 valence electrons. The van der Waals surface area contributed by atoms with Crippen LogP contribution in [0.25, 0.3) is 10.9 Å². The predicted octanol–water partition coefficient (Wildman–Crippen LogP) is 2.28. The number of fused-ring (bicyclic) bond motifs is 1. The normalized spacial score (nSPS) is 10.7. The minimum absolute atomic E-state index is 0.263. The van der Waals surface area contributed by atoms with Crippen molar-refractivity contribution in [3.63, 3.8) is 0 Å². The van der Waals surface area contributed by atoms with Crippen molar-refractivity contribution < 1.29 is 9.90 Å². The first-order chi connectivity index (χ1) is 10.1. The van der Waals surface area contributed by atoms with Crippen molar-refractivity contribution in [3.8, 4) is 0 Å². The second kappa shape index (κ2) is 5.24. The monoisotopic (exact) mass is 282 g/mol. The number of aromatic carboxylic acids is 1. The van der Waals surface area contributed by atoms with Crippen molar-refractivity contribution in [1.82, 2.24) is 14.8 Å². The number of aryl methyl sites for hydroxylation is 1. The first kappa shape index (κ1) is 13.1. The van der Waals surface area contributed by atoms with Crippen molar-refractivity contribution in [1.29, 1.82) is 0 Å².